The van der Waals surface area contributed by atoms with Gasteiger partial charge in [-0.05, 0) is 128 Å². The summed E-state index contributed by atoms with van der Waals surface area (Å²) in [6.45, 7) is 4.39. The van der Waals surface area contributed by atoms with E-state index in [1.807, 2.05) is 0 Å². The van der Waals surface area contributed by atoms with Gasteiger partial charge in [0.15, 0.2) is 0 Å². The molecule has 294 valence electrons. The van der Waals surface area contributed by atoms with E-state index < -0.39 is 0 Å². The van der Waals surface area contributed by atoms with Crippen molar-refractivity contribution in [1.29, 1.82) is 0 Å². The first-order valence-corrected chi connectivity index (χ1v) is 21.4. The molecule has 0 radical (unpaired) electrons. The molecule has 0 fully saturated rings. The summed E-state index contributed by atoms with van der Waals surface area (Å²) in [7, 11) is 0. The molecule has 2 nitrogen and oxygen atoms in total. The maximum absolute atomic E-state index is 2.44. The number of hydrogen-bond donors (Lipinski definition) is 0. The van der Waals surface area contributed by atoms with Crippen molar-refractivity contribution in [3.8, 4) is 78.7 Å². The summed E-state index contributed by atoms with van der Waals surface area (Å²) < 4.78 is 4.87. The second-order valence-electron chi connectivity index (χ2n) is 16.3. The van der Waals surface area contributed by atoms with Gasteiger partial charge in [0, 0.05) is 11.4 Å². The lowest BCUT2D eigenvalue weighted by Gasteiger charge is -2.22. The Morgan fingerprint density at radius 3 is 0.855 bits per heavy atom. The van der Waals surface area contributed by atoms with Crippen LogP contribution in [0.4, 0.5) is 0 Å². The van der Waals surface area contributed by atoms with E-state index in [0.717, 1.165) is 34.2 Å². The van der Waals surface area contributed by atoms with Gasteiger partial charge in [-0.2, -0.15) is 0 Å². The predicted octanol–water partition coefficient (Wildman–Crippen LogP) is 16.2. The van der Waals surface area contributed by atoms with Crippen LogP contribution >= 0.6 is 0 Å². The van der Waals surface area contributed by atoms with Crippen LogP contribution in [0.5, 0.6) is 0 Å². The highest BCUT2D eigenvalue weighted by Gasteiger charge is 2.22. The largest absolute Gasteiger partial charge is 0.309 e. The quantitative estimate of drug-likeness (QED) is 0.136. The molecular weight excluding hydrogens is 749 g/mol. The monoisotopic (exact) mass is 792 g/mol. The van der Waals surface area contributed by atoms with E-state index in [1.165, 1.54) is 77.2 Å². The molecule has 2 heteroatoms. The summed E-state index contributed by atoms with van der Waals surface area (Å²) in [5.74, 6) is 0. The maximum atomic E-state index is 2.44. The zero-order valence-corrected chi connectivity index (χ0v) is 34.8. The molecular formula is C60H44N2. The second kappa shape index (κ2) is 15.6. The van der Waals surface area contributed by atoms with Gasteiger partial charge >= 0.3 is 0 Å². The first-order chi connectivity index (χ1) is 30.6. The lowest BCUT2D eigenvalue weighted by Crippen LogP contribution is -2.02. The minimum Gasteiger partial charge on any atom is -0.309 e. The number of hydrogen-bond acceptors (Lipinski definition) is 0. The smallest absolute Gasteiger partial charge is 0.0535 e. The number of benzene rings is 9. The Kier molecular flexibility index (Phi) is 9.32. The molecule has 0 atom stereocenters. The van der Waals surface area contributed by atoms with Gasteiger partial charge in [-0.25, -0.2) is 0 Å². The molecule has 0 aliphatic carbocycles. The Morgan fingerprint density at radius 2 is 0.548 bits per heavy atom. The molecule has 0 aliphatic heterocycles. The van der Waals surface area contributed by atoms with E-state index >= 15 is 0 Å². The van der Waals surface area contributed by atoms with Gasteiger partial charge in [0.2, 0.25) is 0 Å². The van der Waals surface area contributed by atoms with Crippen molar-refractivity contribution in [3.05, 3.63) is 242 Å². The van der Waals surface area contributed by atoms with Gasteiger partial charge < -0.3 is 9.13 Å². The van der Waals surface area contributed by atoms with Gasteiger partial charge in [-0.3, -0.25) is 0 Å². The average molecular weight is 793 g/mol. The molecule has 9 aromatic carbocycles. The lowest BCUT2D eigenvalue weighted by molar-refractivity contribution is 1.10. The van der Waals surface area contributed by atoms with Crippen LogP contribution in [0.25, 0.3) is 100 Å². The van der Waals surface area contributed by atoms with Gasteiger partial charge in [-0.15, -0.1) is 0 Å². The third-order valence-corrected chi connectivity index (χ3v) is 12.3. The molecule has 2 heterocycles. The lowest BCUT2D eigenvalue weighted by atomic mass is 9.85. The normalized spacial score (nSPS) is 11.4. The molecule has 2 aromatic heterocycles. The summed E-state index contributed by atoms with van der Waals surface area (Å²) in [4.78, 5) is 0. The second-order valence-corrected chi connectivity index (χ2v) is 16.3. The number of nitrogens with zero attached hydrogens (tertiary/aromatic N) is 2. The molecule has 0 amide bonds. The Labute approximate surface area is 363 Å². The molecule has 0 N–H and O–H groups in total. The molecule has 0 saturated carbocycles. The van der Waals surface area contributed by atoms with Crippen molar-refractivity contribution >= 4 is 21.5 Å². The zero-order chi connectivity index (χ0) is 41.6. The maximum Gasteiger partial charge on any atom is 0.0535 e. The Morgan fingerprint density at radius 1 is 0.242 bits per heavy atom. The molecule has 0 saturated heterocycles. The van der Waals surface area contributed by atoms with Crippen molar-refractivity contribution in [1.82, 2.24) is 9.13 Å². The fourth-order valence-electron chi connectivity index (χ4n) is 9.47. The summed E-state index contributed by atoms with van der Waals surface area (Å²) in [6.07, 6.45) is 0. The van der Waals surface area contributed by atoms with Crippen LogP contribution in [0.2, 0.25) is 0 Å². The molecule has 0 bridgehead atoms. The van der Waals surface area contributed by atoms with E-state index in [-0.39, 0.29) is 0 Å². The van der Waals surface area contributed by atoms with Gasteiger partial charge in [0.05, 0.1) is 22.8 Å². The van der Waals surface area contributed by atoms with E-state index in [0.29, 0.717) is 0 Å². The molecule has 0 unspecified atom stereocenters. The third kappa shape index (κ3) is 6.54. The van der Waals surface area contributed by atoms with E-state index in [9.17, 15) is 0 Å². The molecule has 0 spiro atoms. The van der Waals surface area contributed by atoms with Crippen LogP contribution in [0.15, 0.2) is 231 Å². The Bertz CT molecular complexity index is 3050. The van der Waals surface area contributed by atoms with Crippen LogP contribution in [-0.2, 0) is 0 Å². The van der Waals surface area contributed by atoms with Crippen LogP contribution < -0.4 is 0 Å². The van der Waals surface area contributed by atoms with Crippen molar-refractivity contribution in [2.45, 2.75) is 13.8 Å². The van der Waals surface area contributed by atoms with Gasteiger partial charge in [-0.1, -0.05) is 193 Å². The SMILES string of the molecule is Cc1cccc(-c2c3ccc(-n4c(-c5ccccc5)ccc4-c4ccccc4)cc3c(-c3cccc(C)c3)c3ccc(-n4c(-c5ccccc5)ccc4-c4ccccc4)cc23)c1. The summed E-state index contributed by atoms with van der Waals surface area (Å²) in [5.41, 5.74) is 18.9. The van der Waals surface area contributed by atoms with Crippen molar-refractivity contribution in [2.24, 2.45) is 0 Å². The van der Waals surface area contributed by atoms with Crippen LogP contribution in [0.1, 0.15) is 11.1 Å². The highest BCUT2D eigenvalue weighted by atomic mass is 15.0. The number of fused-ring (bicyclic) bond motifs is 2. The first-order valence-electron chi connectivity index (χ1n) is 21.4. The minimum absolute atomic E-state index is 1.12. The summed E-state index contributed by atoms with van der Waals surface area (Å²) in [5, 5.41) is 4.86. The summed E-state index contributed by atoms with van der Waals surface area (Å²) >= 11 is 0. The minimum atomic E-state index is 1.12. The number of aromatic nitrogens is 2. The number of aryl methyl sites for hydroxylation is 2. The standard InChI is InChI=1S/C60H44N2/c1-41-17-15-27-47(37-41)59-51-31-29-50(62-57(45-23-11-5-12-24-45)35-36-58(62)46-25-13-6-14-26-46)40-54(51)60(48-28-16-18-42(2)38-48)52-32-30-49(39-53(52)59)61-55(43-19-7-3-8-20-43)33-34-56(61)44-21-9-4-10-22-44/h3-40H,1-2H3. The van der Waals surface area contributed by atoms with E-state index in [4.69, 9.17) is 0 Å². The zero-order valence-electron chi connectivity index (χ0n) is 34.8. The van der Waals surface area contributed by atoms with Crippen molar-refractivity contribution < 1.29 is 0 Å². The topological polar surface area (TPSA) is 9.86 Å². The Hall–Kier alpha value is -7.94. The van der Waals surface area contributed by atoms with Gasteiger partial charge in [0.25, 0.3) is 0 Å². The first kappa shape index (κ1) is 37.1. The van der Waals surface area contributed by atoms with Crippen LogP contribution in [0, 0.1) is 13.8 Å². The highest BCUT2D eigenvalue weighted by molar-refractivity contribution is 6.22. The van der Waals surface area contributed by atoms with Gasteiger partial charge in [0.1, 0.15) is 0 Å². The Balaban J connectivity index is 1.25. The van der Waals surface area contributed by atoms with Crippen molar-refractivity contribution in [3.63, 3.8) is 0 Å². The van der Waals surface area contributed by atoms with Crippen molar-refractivity contribution in [2.75, 3.05) is 0 Å². The number of rotatable bonds is 8. The molecule has 0 aliphatic rings. The molecule has 62 heavy (non-hydrogen) atoms. The van der Waals surface area contributed by atoms with Crippen LogP contribution in [0.3, 0.4) is 0 Å². The fraction of sp³-hybridized carbons (Fsp3) is 0.0333. The van der Waals surface area contributed by atoms with Crippen LogP contribution in [-0.4, -0.2) is 9.13 Å². The van der Waals surface area contributed by atoms with E-state index in [1.54, 1.807) is 0 Å². The van der Waals surface area contributed by atoms with E-state index in [2.05, 4.69) is 254 Å². The highest BCUT2D eigenvalue weighted by Crippen LogP contribution is 2.47. The predicted molar refractivity (Wildman–Crippen MR) is 262 cm³/mol. The molecule has 11 rings (SSSR count). The summed E-state index contributed by atoms with van der Waals surface area (Å²) in [6, 6.07) is 84.3. The fourth-order valence-corrected chi connectivity index (χ4v) is 9.47. The third-order valence-electron chi connectivity index (χ3n) is 12.3. The average Bonchev–Trinajstić information content (AvgIpc) is 3.98. The molecule has 11 aromatic rings.